The largest absolute Gasteiger partial charge is 0.360 e. The number of nitrogens with zero attached hydrogens (tertiary/aromatic N) is 2. The third kappa shape index (κ3) is 3.66. The molecule has 1 aromatic heterocycles. The van der Waals surface area contributed by atoms with Gasteiger partial charge in [0.1, 0.15) is 0 Å². The highest BCUT2D eigenvalue weighted by Gasteiger charge is 2.18. The van der Waals surface area contributed by atoms with E-state index in [1.807, 2.05) is 6.92 Å². The minimum atomic E-state index is -0.0800. The summed E-state index contributed by atoms with van der Waals surface area (Å²) in [6.45, 7) is 2.78. The van der Waals surface area contributed by atoms with Gasteiger partial charge in [0.25, 0.3) is 5.91 Å². The zero-order valence-electron chi connectivity index (χ0n) is 10.7. The minimum absolute atomic E-state index is 0.0800. The lowest BCUT2D eigenvalue weighted by molar-refractivity contribution is 0.0932. The number of nitrogens with one attached hydrogen (secondary N) is 2. The summed E-state index contributed by atoms with van der Waals surface area (Å²) in [5.74, 6) is -0.0800. The van der Waals surface area contributed by atoms with Gasteiger partial charge in [0, 0.05) is 12.6 Å². The normalized spacial score (nSPS) is 17.2. The monoisotopic (exact) mass is 268 g/mol. The first-order valence-electron chi connectivity index (χ1n) is 6.68. The summed E-state index contributed by atoms with van der Waals surface area (Å²) in [4.78, 5) is 12.0. The van der Waals surface area contributed by atoms with Crippen LogP contribution in [0.1, 0.15) is 55.3 Å². The minimum Gasteiger partial charge on any atom is -0.360 e. The molecule has 1 amide bonds. The average molecular weight is 268 g/mol. The van der Waals surface area contributed by atoms with Crippen LogP contribution < -0.4 is 10.6 Å². The molecule has 0 atom stereocenters. The first-order chi connectivity index (χ1) is 8.79. The summed E-state index contributed by atoms with van der Waals surface area (Å²) in [6.07, 6.45) is 7.17. The van der Waals surface area contributed by atoms with Gasteiger partial charge in [0.2, 0.25) is 10.1 Å². The van der Waals surface area contributed by atoms with Crippen LogP contribution in [0, 0.1) is 0 Å². The van der Waals surface area contributed by atoms with Crippen LogP contribution in [0.4, 0.5) is 5.13 Å². The van der Waals surface area contributed by atoms with Gasteiger partial charge in [-0.2, -0.15) is 0 Å². The molecular formula is C12H20N4OS. The zero-order chi connectivity index (χ0) is 12.8. The first-order valence-corrected chi connectivity index (χ1v) is 7.49. The molecule has 5 nitrogen and oxygen atoms in total. The van der Waals surface area contributed by atoms with Crippen molar-refractivity contribution >= 4 is 22.4 Å². The quantitative estimate of drug-likeness (QED) is 0.823. The lowest BCUT2D eigenvalue weighted by Gasteiger charge is -2.14. The van der Waals surface area contributed by atoms with E-state index in [-0.39, 0.29) is 5.91 Å². The van der Waals surface area contributed by atoms with Crippen molar-refractivity contribution in [3.05, 3.63) is 5.01 Å². The number of hydrogen-bond acceptors (Lipinski definition) is 5. The Morgan fingerprint density at radius 2 is 2.00 bits per heavy atom. The zero-order valence-corrected chi connectivity index (χ0v) is 11.6. The number of amides is 1. The summed E-state index contributed by atoms with van der Waals surface area (Å²) >= 11 is 1.31. The van der Waals surface area contributed by atoms with Crippen molar-refractivity contribution in [3.8, 4) is 0 Å². The number of anilines is 1. The maximum Gasteiger partial charge on any atom is 0.282 e. The fourth-order valence-electron chi connectivity index (χ4n) is 2.21. The third-order valence-corrected chi connectivity index (χ3v) is 4.02. The second-order valence-electron chi connectivity index (χ2n) is 4.60. The maximum absolute atomic E-state index is 12.0. The molecule has 1 aliphatic rings. The highest BCUT2D eigenvalue weighted by Crippen LogP contribution is 2.19. The summed E-state index contributed by atoms with van der Waals surface area (Å²) < 4.78 is 0. The predicted octanol–water partition coefficient (Wildman–Crippen LogP) is 2.42. The smallest absolute Gasteiger partial charge is 0.282 e. The van der Waals surface area contributed by atoms with Crippen LogP contribution in [0.5, 0.6) is 0 Å². The summed E-state index contributed by atoms with van der Waals surface area (Å²) in [5.41, 5.74) is 0. The van der Waals surface area contributed by atoms with Crippen LogP contribution in [-0.2, 0) is 0 Å². The fourth-order valence-corrected chi connectivity index (χ4v) is 2.92. The van der Waals surface area contributed by atoms with Crippen molar-refractivity contribution in [1.82, 2.24) is 15.5 Å². The lowest BCUT2D eigenvalue weighted by Crippen LogP contribution is -2.34. The molecular weight excluding hydrogens is 248 g/mol. The van der Waals surface area contributed by atoms with E-state index in [1.165, 1.54) is 37.0 Å². The number of aromatic nitrogens is 2. The summed E-state index contributed by atoms with van der Waals surface area (Å²) in [7, 11) is 0. The van der Waals surface area contributed by atoms with Gasteiger partial charge in [-0.15, -0.1) is 10.2 Å². The van der Waals surface area contributed by atoms with Crippen molar-refractivity contribution in [3.63, 3.8) is 0 Å². The molecule has 6 heteroatoms. The second-order valence-corrected chi connectivity index (χ2v) is 5.58. The van der Waals surface area contributed by atoms with Crippen molar-refractivity contribution < 1.29 is 4.79 Å². The van der Waals surface area contributed by atoms with E-state index in [9.17, 15) is 4.79 Å². The molecule has 1 heterocycles. The highest BCUT2D eigenvalue weighted by atomic mass is 32.1. The Morgan fingerprint density at radius 3 is 2.67 bits per heavy atom. The highest BCUT2D eigenvalue weighted by molar-refractivity contribution is 7.17. The Labute approximate surface area is 111 Å². The molecule has 1 aromatic rings. The molecule has 0 radical (unpaired) electrons. The van der Waals surface area contributed by atoms with E-state index in [2.05, 4.69) is 20.8 Å². The molecule has 2 rings (SSSR count). The van der Waals surface area contributed by atoms with E-state index in [4.69, 9.17) is 0 Å². The van der Waals surface area contributed by atoms with Gasteiger partial charge in [0.05, 0.1) is 0 Å². The Hall–Kier alpha value is -1.17. The van der Waals surface area contributed by atoms with E-state index in [0.29, 0.717) is 16.2 Å². The standard InChI is InChI=1S/C12H20N4OS/c1-2-13-12-16-15-11(18-12)10(17)14-9-7-5-3-4-6-8-9/h9H,2-8H2,1H3,(H,13,16)(H,14,17). The SMILES string of the molecule is CCNc1nnc(C(=O)NC2CCCCCC2)s1. The molecule has 0 aromatic carbocycles. The van der Waals surface area contributed by atoms with Crippen LogP contribution >= 0.6 is 11.3 Å². The van der Waals surface area contributed by atoms with Gasteiger partial charge in [-0.3, -0.25) is 4.79 Å². The lowest BCUT2D eigenvalue weighted by atomic mass is 10.1. The molecule has 18 heavy (non-hydrogen) atoms. The van der Waals surface area contributed by atoms with E-state index in [1.54, 1.807) is 0 Å². The van der Waals surface area contributed by atoms with Gasteiger partial charge >= 0.3 is 0 Å². The number of rotatable bonds is 4. The van der Waals surface area contributed by atoms with Gasteiger partial charge in [-0.25, -0.2) is 0 Å². The molecule has 1 fully saturated rings. The van der Waals surface area contributed by atoms with Crippen LogP contribution in [0.15, 0.2) is 0 Å². The van der Waals surface area contributed by atoms with Crippen molar-refractivity contribution in [2.75, 3.05) is 11.9 Å². The van der Waals surface area contributed by atoms with Crippen LogP contribution in [0.2, 0.25) is 0 Å². The number of hydrogen-bond donors (Lipinski definition) is 2. The van der Waals surface area contributed by atoms with Gasteiger partial charge in [-0.05, 0) is 19.8 Å². The first kappa shape index (κ1) is 13.3. The van der Waals surface area contributed by atoms with Gasteiger partial charge < -0.3 is 10.6 Å². The third-order valence-electron chi connectivity index (χ3n) is 3.14. The van der Waals surface area contributed by atoms with Crippen molar-refractivity contribution in [1.29, 1.82) is 0 Å². The van der Waals surface area contributed by atoms with Crippen LogP contribution in [0.25, 0.3) is 0 Å². The Kier molecular flexibility index (Phi) is 4.92. The predicted molar refractivity (Wildman–Crippen MR) is 73.0 cm³/mol. The van der Waals surface area contributed by atoms with E-state index >= 15 is 0 Å². The molecule has 1 saturated carbocycles. The molecule has 0 bridgehead atoms. The molecule has 0 unspecified atom stereocenters. The maximum atomic E-state index is 12.0. The summed E-state index contributed by atoms with van der Waals surface area (Å²) in [5, 5.41) is 15.2. The number of carbonyl (C=O) groups is 1. The van der Waals surface area contributed by atoms with E-state index < -0.39 is 0 Å². The molecule has 0 spiro atoms. The van der Waals surface area contributed by atoms with Crippen molar-refractivity contribution in [2.24, 2.45) is 0 Å². The number of carbonyl (C=O) groups excluding carboxylic acids is 1. The summed E-state index contributed by atoms with van der Waals surface area (Å²) in [6, 6.07) is 0.312. The fraction of sp³-hybridized carbons (Fsp3) is 0.750. The van der Waals surface area contributed by atoms with Crippen LogP contribution in [-0.4, -0.2) is 28.7 Å². The van der Waals surface area contributed by atoms with Crippen LogP contribution in [0.3, 0.4) is 0 Å². The van der Waals surface area contributed by atoms with Gasteiger partial charge in [0.15, 0.2) is 0 Å². The van der Waals surface area contributed by atoms with Gasteiger partial charge in [-0.1, -0.05) is 37.0 Å². The molecule has 100 valence electrons. The average Bonchev–Trinajstić information content (AvgIpc) is 2.67. The second kappa shape index (κ2) is 6.68. The topological polar surface area (TPSA) is 66.9 Å². The molecule has 0 aliphatic heterocycles. The van der Waals surface area contributed by atoms with Crippen molar-refractivity contribution in [2.45, 2.75) is 51.5 Å². The Morgan fingerprint density at radius 1 is 1.28 bits per heavy atom. The molecule has 1 aliphatic carbocycles. The Balaban J connectivity index is 1.89. The Bertz CT molecular complexity index is 385. The van der Waals surface area contributed by atoms with E-state index in [0.717, 1.165) is 19.4 Å². The molecule has 2 N–H and O–H groups in total. The molecule has 0 saturated heterocycles.